The highest BCUT2D eigenvalue weighted by Gasteiger charge is 2.53. The number of nitrogens with zero attached hydrogens (tertiary/aromatic N) is 3. The van der Waals surface area contributed by atoms with Crippen molar-refractivity contribution in [2.45, 2.75) is 36.8 Å². The van der Waals surface area contributed by atoms with Gasteiger partial charge in [0.2, 0.25) is 0 Å². The van der Waals surface area contributed by atoms with E-state index in [0.29, 0.717) is 5.75 Å². The fraction of sp³-hybridized carbons (Fsp3) is 0.389. The van der Waals surface area contributed by atoms with Crippen molar-refractivity contribution in [2.75, 3.05) is 11.5 Å². The zero-order valence-electron chi connectivity index (χ0n) is 15.7. The minimum Gasteiger partial charge on any atom is -0.477 e. The molecule has 3 atom stereocenters. The zero-order chi connectivity index (χ0) is 21.3. The number of carbonyl (C=O) groups is 3. The number of thiazole rings is 1. The molecule has 3 heterocycles. The predicted molar refractivity (Wildman–Crippen MR) is 112 cm³/mol. The van der Waals surface area contributed by atoms with Gasteiger partial charge in [0.05, 0.1) is 0 Å². The number of anilines is 1. The number of carboxylic acid groups (broad SMARTS) is 1. The van der Waals surface area contributed by atoms with Gasteiger partial charge in [0.1, 0.15) is 28.9 Å². The second-order valence-electron chi connectivity index (χ2n) is 6.79. The average Bonchev–Trinajstić information content (AvgIpc) is 3.18. The van der Waals surface area contributed by atoms with E-state index in [1.165, 1.54) is 22.7 Å². The number of allylic oxidation sites excluding steroid dienone is 1. The molecule has 2 amide bonds. The van der Waals surface area contributed by atoms with Crippen LogP contribution in [0.25, 0.3) is 0 Å². The fourth-order valence-corrected chi connectivity index (χ4v) is 5.08. The lowest BCUT2D eigenvalue weighted by molar-refractivity contribution is -0.150. The van der Waals surface area contributed by atoms with E-state index in [4.69, 9.17) is 10.6 Å². The van der Waals surface area contributed by atoms with Crippen LogP contribution >= 0.6 is 23.1 Å². The summed E-state index contributed by atoms with van der Waals surface area (Å²) in [5.41, 5.74) is 5.79. The molecule has 0 bridgehead atoms. The number of aliphatic carboxylic acids is 1. The standard InChI is InChI=1S/C18H19N5O5S2/c19-18-20-10(8-30-18)12(22-28-9-4-2-1-3-5-9)14(24)21-13-15(25)23-11(17(26)27)6-7-29-16(13)23/h2,4,6,8-9,13,16H,1,3,5,7H2,(H2,19,20)(H,21,24)(H,26,27)/t9?,13?,16-/m0/s1. The van der Waals surface area contributed by atoms with Crippen LogP contribution in [0.15, 0.2) is 34.5 Å². The van der Waals surface area contributed by atoms with Gasteiger partial charge in [0.15, 0.2) is 10.8 Å². The number of rotatable bonds is 6. The number of carbonyl (C=O) groups excluding carboxylic acids is 2. The zero-order valence-corrected chi connectivity index (χ0v) is 17.3. The van der Waals surface area contributed by atoms with Crippen molar-refractivity contribution in [3.05, 3.63) is 35.0 Å². The number of hydrogen-bond donors (Lipinski definition) is 3. The Labute approximate surface area is 179 Å². The van der Waals surface area contributed by atoms with Crippen molar-refractivity contribution in [3.63, 3.8) is 0 Å². The number of β-lactam (4-membered cyclic amide) rings is 1. The van der Waals surface area contributed by atoms with Crippen molar-refractivity contribution in [3.8, 4) is 0 Å². The van der Waals surface area contributed by atoms with Gasteiger partial charge in [0.25, 0.3) is 11.8 Å². The Morgan fingerprint density at radius 1 is 1.43 bits per heavy atom. The number of carboxylic acids is 1. The van der Waals surface area contributed by atoms with Crippen LogP contribution in [0.1, 0.15) is 25.0 Å². The molecule has 10 nitrogen and oxygen atoms in total. The highest BCUT2D eigenvalue weighted by molar-refractivity contribution is 8.00. The maximum Gasteiger partial charge on any atom is 0.352 e. The molecule has 0 aromatic carbocycles. The maximum absolute atomic E-state index is 12.9. The van der Waals surface area contributed by atoms with Gasteiger partial charge in [-0.05, 0) is 31.4 Å². The second kappa shape index (κ2) is 8.48. The molecular formula is C18H19N5O5S2. The first kappa shape index (κ1) is 20.4. The summed E-state index contributed by atoms with van der Waals surface area (Å²) in [6.45, 7) is 0. The van der Waals surface area contributed by atoms with Crippen LogP contribution in [0.5, 0.6) is 0 Å². The summed E-state index contributed by atoms with van der Waals surface area (Å²) in [6.07, 6.45) is 7.86. The lowest BCUT2D eigenvalue weighted by atomic mass is 10.0. The molecule has 1 saturated heterocycles. The quantitative estimate of drug-likeness (QED) is 0.251. The Morgan fingerprint density at radius 3 is 2.93 bits per heavy atom. The average molecular weight is 450 g/mol. The molecule has 2 aliphatic heterocycles. The number of aromatic nitrogens is 1. The minimum atomic E-state index is -1.17. The van der Waals surface area contributed by atoms with Crippen molar-refractivity contribution >= 4 is 51.7 Å². The van der Waals surface area contributed by atoms with Crippen molar-refractivity contribution in [1.82, 2.24) is 15.2 Å². The van der Waals surface area contributed by atoms with Gasteiger partial charge < -0.3 is 21.0 Å². The Hall–Kier alpha value is -2.86. The van der Waals surface area contributed by atoms with Crippen LogP contribution in [0, 0.1) is 0 Å². The lowest BCUT2D eigenvalue weighted by Crippen LogP contribution is -2.70. The van der Waals surface area contributed by atoms with E-state index in [1.807, 2.05) is 12.2 Å². The smallest absolute Gasteiger partial charge is 0.352 e. The number of hydrogen-bond acceptors (Lipinski definition) is 9. The van der Waals surface area contributed by atoms with Crippen LogP contribution < -0.4 is 11.1 Å². The number of oxime groups is 1. The van der Waals surface area contributed by atoms with Gasteiger partial charge in [0, 0.05) is 11.1 Å². The van der Waals surface area contributed by atoms with E-state index in [-0.39, 0.29) is 28.3 Å². The number of amides is 2. The highest BCUT2D eigenvalue weighted by Crippen LogP contribution is 2.37. The van der Waals surface area contributed by atoms with Crippen molar-refractivity contribution < 1.29 is 24.3 Å². The fourth-order valence-electron chi connectivity index (χ4n) is 3.34. The lowest BCUT2D eigenvalue weighted by Gasteiger charge is -2.48. The van der Waals surface area contributed by atoms with Gasteiger partial charge in [-0.25, -0.2) is 9.78 Å². The Morgan fingerprint density at radius 2 is 2.27 bits per heavy atom. The molecule has 0 spiro atoms. The maximum atomic E-state index is 12.9. The van der Waals surface area contributed by atoms with Gasteiger partial charge in [-0.15, -0.1) is 23.1 Å². The first-order valence-corrected chi connectivity index (χ1v) is 11.2. The van der Waals surface area contributed by atoms with Crippen LogP contribution in [0.2, 0.25) is 0 Å². The molecular weight excluding hydrogens is 430 g/mol. The number of nitrogens with one attached hydrogen (secondary N) is 1. The number of nitrogens with two attached hydrogens (primary N) is 1. The number of nitrogen functional groups attached to an aromatic ring is 1. The monoisotopic (exact) mass is 449 g/mol. The summed E-state index contributed by atoms with van der Waals surface area (Å²) in [5.74, 6) is -1.86. The van der Waals surface area contributed by atoms with E-state index >= 15 is 0 Å². The number of fused-ring (bicyclic) bond motifs is 1. The van der Waals surface area contributed by atoms with Gasteiger partial charge in [-0.2, -0.15) is 0 Å². The first-order chi connectivity index (χ1) is 14.5. The normalized spacial score (nSPS) is 25.8. The Balaban J connectivity index is 1.50. The highest BCUT2D eigenvalue weighted by atomic mass is 32.2. The van der Waals surface area contributed by atoms with Crippen LogP contribution in [0.4, 0.5) is 5.13 Å². The molecule has 158 valence electrons. The summed E-state index contributed by atoms with van der Waals surface area (Å²) >= 11 is 2.53. The van der Waals surface area contributed by atoms with Crippen LogP contribution in [0.3, 0.4) is 0 Å². The molecule has 4 N–H and O–H groups in total. The molecule has 1 aromatic rings. The summed E-state index contributed by atoms with van der Waals surface area (Å²) in [4.78, 5) is 47.6. The predicted octanol–water partition coefficient (Wildman–Crippen LogP) is 0.923. The molecule has 1 fully saturated rings. The summed E-state index contributed by atoms with van der Waals surface area (Å²) in [6, 6.07) is -0.860. The summed E-state index contributed by atoms with van der Waals surface area (Å²) in [5, 5.41) is 17.3. The third kappa shape index (κ3) is 3.92. The summed E-state index contributed by atoms with van der Waals surface area (Å²) < 4.78 is 0. The van der Waals surface area contributed by atoms with Crippen LogP contribution in [-0.2, 0) is 19.2 Å². The number of thioether (sulfide) groups is 1. The van der Waals surface area contributed by atoms with Gasteiger partial charge >= 0.3 is 5.97 Å². The first-order valence-electron chi connectivity index (χ1n) is 9.26. The minimum absolute atomic E-state index is 0.0668. The largest absolute Gasteiger partial charge is 0.477 e. The van der Waals surface area contributed by atoms with Gasteiger partial charge in [-0.1, -0.05) is 11.2 Å². The molecule has 0 saturated carbocycles. The van der Waals surface area contributed by atoms with Gasteiger partial charge in [-0.3, -0.25) is 14.5 Å². The Bertz CT molecular complexity index is 972. The van der Waals surface area contributed by atoms with E-state index in [9.17, 15) is 19.5 Å². The van der Waals surface area contributed by atoms with Crippen molar-refractivity contribution in [1.29, 1.82) is 0 Å². The van der Waals surface area contributed by atoms with E-state index in [2.05, 4.69) is 15.5 Å². The third-order valence-electron chi connectivity index (χ3n) is 4.82. The molecule has 4 rings (SSSR count). The summed E-state index contributed by atoms with van der Waals surface area (Å²) in [7, 11) is 0. The van der Waals surface area contributed by atoms with E-state index in [1.54, 1.807) is 5.38 Å². The van der Waals surface area contributed by atoms with Crippen LogP contribution in [-0.4, -0.2) is 61.8 Å². The second-order valence-corrected chi connectivity index (χ2v) is 8.83. The SMILES string of the molecule is Nc1nc(C(=NOC2C=CCCC2)C(=O)NC2C(=O)N3C(C(=O)O)=CCS[C@@H]23)cs1. The molecule has 12 heteroatoms. The molecule has 30 heavy (non-hydrogen) atoms. The molecule has 2 unspecified atom stereocenters. The topological polar surface area (TPSA) is 147 Å². The molecule has 1 aromatic heterocycles. The van der Waals surface area contributed by atoms with E-state index < -0.39 is 29.2 Å². The molecule has 0 radical (unpaired) electrons. The molecule has 3 aliphatic rings. The molecule has 1 aliphatic carbocycles. The van der Waals surface area contributed by atoms with E-state index in [0.717, 1.165) is 30.6 Å². The Kier molecular flexibility index (Phi) is 5.77. The van der Waals surface area contributed by atoms with Crippen molar-refractivity contribution in [2.24, 2.45) is 5.16 Å². The third-order valence-corrected chi connectivity index (χ3v) is 6.68.